The highest BCUT2D eigenvalue weighted by Gasteiger charge is 2.18. The third-order valence-electron chi connectivity index (χ3n) is 1.73. The van der Waals surface area contributed by atoms with E-state index >= 15 is 0 Å². The highest BCUT2D eigenvalue weighted by molar-refractivity contribution is 5.19. The van der Waals surface area contributed by atoms with Crippen molar-refractivity contribution < 1.29 is 10.2 Å². The first-order valence-corrected chi connectivity index (χ1v) is 4.09. The SMILES string of the molecule is [N-]=[N+]=NCC(O)C(O)c1cnc(N)nc1. The summed E-state index contributed by atoms with van der Waals surface area (Å²) in [6.07, 6.45) is 0.211. The summed E-state index contributed by atoms with van der Waals surface area (Å²) in [6.45, 7) is -0.220. The molecule has 1 aromatic rings. The van der Waals surface area contributed by atoms with E-state index in [4.69, 9.17) is 11.3 Å². The number of azide groups is 1. The molecule has 0 amide bonds. The molecule has 8 nitrogen and oxygen atoms in total. The predicted octanol–water partition coefficient (Wildman–Crippen LogP) is -0.237. The van der Waals surface area contributed by atoms with Gasteiger partial charge >= 0.3 is 0 Å². The predicted molar refractivity (Wildman–Crippen MR) is 51.4 cm³/mol. The lowest BCUT2D eigenvalue weighted by atomic mass is 10.1. The quantitative estimate of drug-likeness (QED) is 0.357. The third-order valence-corrected chi connectivity index (χ3v) is 1.73. The topological polar surface area (TPSA) is 141 Å². The van der Waals surface area contributed by atoms with Gasteiger partial charge in [0.05, 0.1) is 12.6 Å². The van der Waals surface area contributed by atoms with Crippen molar-refractivity contribution in [2.24, 2.45) is 5.11 Å². The molecular weight excluding hydrogens is 200 g/mol. The number of rotatable bonds is 4. The molecule has 0 bridgehead atoms. The Balaban J connectivity index is 2.70. The Morgan fingerprint density at radius 2 is 2.07 bits per heavy atom. The summed E-state index contributed by atoms with van der Waals surface area (Å²) in [5.74, 6) is 0.0792. The number of aliphatic hydroxyl groups is 2. The number of hydrogen-bond acceptors (Lipinski definition) is 6. The van der Waals surface area contributed by atoms with E-state index in [1.165, 1.54) is 12.4 Å². The monoisotopic (exact) mass is 210 g/mol. The van der Waals surface area contributed by atoms with Gasteiger partial charge in [0.25, 0.3) is 0 Å². The van der Waals surface area contributed by atoms with Crippen molar-refractivity contribution in [2.45, 2.75) is 12.2 Å². The molecule has 4 N–H and O–H groups in total. The second-order valence-corrected chi connectivity index (χ2v) is 2.80. The van der Waals surface area contributed by atoms with E-state index in [9.17, 15) is 10.2 Å². The van der Waals surface area contributed by atoms with E-state index in [-0.39, 0.29) is 12.5 Å². The summed E-state index contributed by atoms with van der Waals surface area (Å²) < 4.78 is 0. The molecule has 15 heavy (non-hydrogen) atoms. The highest BCUT2D eigenvalue weighted by atomic mass is 16.3. The van der Waals surface area contributed by atoms with Gasteiger partial charge in [0, 0.05) is 22.9 Å². The molecule has 0 spiro atoms. The van der Waals surface area contributed by atoms with Crippen LogP contribution < -0.4 is 5.73 Å². The first-order valence-electron chi connectivity index (χ1n) is 4.09. The van der Waals surface area contributed by atoms with Crippen molar-refractivity contribution in [3.8, 4) is 0 Å². The van der Waals surface area contributed by atoms with Gasteiger partial charge in [-0.3, -0.25) is 0 Å². The van der Waals surface area contributed by atoms with E-state index in [2.05, 4.69) is 20.0 Å². The number of nitrogens with two attached hydrogens (primary N) is 1. The van der Waals surface area contributed by atoms with Crippen LogP contribution >= 0.6 is 0 Å². The fraction of sp³-hybridized carbons (Fsp3) is 0.429. The minimum absolute atomic E-state index is 0.0792. The molecule has 2 unspecified atom stereocenters. The van der Waals surface area contributed by atoms with E-state index in [1.807, 2.05) is 0 Å². The van der Waals surface area contributed by atoms with E-state index < -0.39 is 12.2 Å². The maximum absolute atomic E-state index is 9.55. The Kier molecular flexibility index (Phi) is 3.81. The molecule has 0 saturated carbocycles. The lowest BCUT2D eigenvalue weighted by Gasteiger charge is -2.15. The number of hydrogen-bond donors (Lipinski definition) is 3. The molecule has 0 fully saturated rings. The largest absolute Gasteiger partial charge is 0.390 e. The van der Waals surface area contributed by atoms with E-state index in [0.717, 1.165) is 0 Å². The molecule has 1 heterocycles. The highest BCUT2D eigenvalue weighted by Crippen LogP contribution is 2.15. The standard InChI is InChI=1S/C7H10N6O2/c8-7-10-1-4(2-11-7)6(15)5(14)3-12-13-9/h1-2,5-6,14-15H,3H2,(H2,8,10,11). The summed E-state index contributed by atoms with van der Waals surface area (Å²) in [5, 5.41) is 22.1. The Bertz CT molecular complexity index is 360. The first kappa shape index (κ1) is 11.2. The van der Waals surface area contributed by atoms with Gasteiger partial charge in [-0.2, -0.15) is 0 Å². The third kappa shape index (κ3) is 3.06. The smallest absolute Gasteiger partial charge is 0.219 e. The van der Waals surface area contributed by atoms with E-state index in [0.29, 0.717) is 5.56 Å². The van der Waals surface area contributed by atoms with Crippen molar-refractivity contribution in [3.63, 3.8) is 0 Å². The first-order chi connectivity index (χ1) is 7.15. The number of nitrogen functional groups attached to an aromatic ring is 1. The van der Waals surface area contributed by atoms with Crippen LogP contribution in [0, 0.1) is 0 Å². The van der Waals surface area contributed by atoms with Gasteiger partial charge in [-0.05, 0) is 5.53 Å². The molecule has 0 aromatic carbocycles. The van der Waals surface area contributed by atoms with Crippen molar-refractivity contribution in [2.75, 3.05) is 12.3 Å². The minimum atomic E-state index is -1.20. The van der Waals surface area contributed by atoms with Gasteiger partial charge in [-0.25, -0.2) is 9.97 Å². The van der Waals surface area contributed by atoms with Crippen molar-refractivity contribution in [1.82, 2.24) is 9.97 Å². The van der Waals surface area contributed by atoms with Crippen LogP contribution in [0.2, 0.25) is 0 Å². The van der Waals surface area contributed by atoms with Crippen LogP contribution in [0.3, 0.4) is 0 Å². The zero-order chi connectivity index (χ0) is 11.3. The number of aromatic nitrogens is 2. The maximum atomic E-state index is 9.55. The lowest BCUT2D eigenvalue weighted by Crippen LogP contribution is -2.21. The van der Waals surface area contributed by atoms with Crippen LogP contribution in [0.5, 0.6) is 0 Å². The van der Waals surface area contributed by atoms with Crippen LogP contribution in [0.15, 0.2) is 17.5 Å². The Labute approximate surface area is 85.0 Å². The lowest BCUT2D eigenvalue weighted by molar-refractivity contribution is 0.0240. The maximum Gasteiger partial charge on any atom is 0.219 e. The molecule has 8 heteroatoms. The average Bonchev–Trinajstić information content (AvgIpc) is 2.26. The zero-order valence-corrected chi connectivity index (χ0v) is 7.72. The van der Waals surface area contributed by atoms with Gasteiger partial charge < -0.3 is 15.9 Å². The molecule has 2 atom stereocenters. The summed E-state index contributed by atoms with van der Waals surface area (Å²) in [6, 6.07) is 0. The van der Waals surface area contributed by atoms with Crippen LogP contribution in [-0.4, -0.2) is 32.8 Å². The molecule has 0 aliphatic heterocycles. The van der Waals surface area contributed by atoms with Crippen LogP contribution in [0.25, 0.3) is 10.4 Å². The van der Waals surface area contributed by atoms with Gasteiger partial charge in [0.15, 0.2) is 0 Å². The Morgan fingerprint density at radius 1 is 1.47 bits per heavy atom. The molecule has 1 aromatic heterocycles. The van der Waals surface area contributed by atoms with Gasteiger partial charge in [0.2, 0.25) is 5.95 Å². The number of anilines is 1. The molecule has 0 aliphatic carbocycles. The fourth-order valence-electron chi connectivity index (χ4n) is 0.943. The Morgan fingerprint density at radius 3 is 2.60 bits per heavy atom. The normalized spacial score (nSPS) is 14.0. The molecule has 1 rings (SSSR count). The van der Waals surface area contributed by atoms with Crippen LogP contribution in [0.1, 0.15) is 11.7 Å². The molecular formula is C7H10N6O2. The summed E-state index contributed by atoms with van der Waals surface area (Å²) in [7, 11) is 0. The summed E-state index contributed by atoms with van der Waals surface area (Å²) in [4.78, 5) is 9.78. The summed E-state index contributed by atoms with van der Waals surface area (Å²) >= 11 is 0. The number of aliphatic hydroxyl groups excluding tert-OH is 2. The summed E-state index contributed by atoms with van der Waals surface area (Å²) in [5.41, 5.74) is 13.6. The van der Waals surface area contributed by atoms with Crippen LogP contribution in [0.4, 0.5) is 5.95 Å². The van der Waals surface area contributed by atoms with Gasteiger partial charge in [-0.1, -0.05) is 5.11 Å². The van der Waals surface area contributed by atoms with Gasteiger partial charge in [-0.15, -0.1) is 0 Å². The molecule has 0 aliphatic rings. The van der Waals surface area contributed by atoms with Crippen molar-refractivity contribution >= 4 is 5.95 Å². The fourth-order valence-corrected chi connectivity index (χ4v) is 0.943. The molecule has 0 saturated heterocycles. The van der Waals surface area contributed by atoms with Crippen molar-refractivity contribution in [3.05, 3.63) is 28.4 Å². The van der Waals surface area contributed by atoms with Gasteiger partial charge in [0.1, 0.15) is 6.10 Å². The number of nitrogens with zero attached hydrogens (tertiary/aromatic N) is 5. The van der Waals surface area contributed by atoms with E-state index in [1.54, 1.807) is 0 Å². The van der Waals surface area contributed by atoms with Crippen LogP contribution in [-0.2, 0) is 0 Å². The average molecular weight is 210 g/mol. The molecule has 80 valence electrons. The molecule has 0 radical (unpaired) electrons. The minimum Gasteiger partial charge on any atom is -0.390 e. The van der Waals surface area contributed by atoms with Crippen molar-refractivity contribution in [1.29, 1.82) is 0 Å². The Hall–Kier alpha value is -1.89. The second-order valence-electron chi connectivity index (χ2n) is 2.80. The zero-order valence-electron chi connectivity index (χ0n) is 7.72. The second kappa shape index (κ2) is 5.11.